The first-order valence-electron chi connectivity index (χ1n) is 8.30. The second-order valence-corrected chi connectivity index (χ2v) is 6.18. The van der Waals surface area contributed by atoms with E-state index in [0.717, 1.165) is 18.4 Å². The molecule has 126 valence electrons. The fourth-order valence-electron chi connectivity index (χ4n) is 2.38. The molecule has 0 radical (unpaired) electrons. The zero-order chi connectivity index (χ0) is 17.1. The number of rotatable bonds is 6. The number of aryl methyl sites for hydroxylation is 1. The first-order chi connectivity index (χ1) is 11.6. The number of aromatic nitrogens is 6. The smallest absolute Gasteiger partial charge is 0.253 e. The largest absolute Gasteiger partial charge is 0.337 e. The zero-order valence-electron chi connectivity index (χ0n) is 14.5. The summed E-state index contributed by atoms with van der Waals surface area (Å²) in [6, 6.07) is 7.98. The second-order valence-electron chi connectivity index (χ2n) is 6.18. The van der Waals surface area contributed by atoms with Gasteiger partial charge in [-0.25, -0.2) is 0 Å². The van der Waals surface area contributed by atoms with Gasteiger partial charge in [-0.1, -0.05) is 50.2 Å². The van der Waals surface area contributed by atoms with E-state index in [0.29, 0.717) is 23.5 Å². The van der Waals surface area contributed by atoms with Gasteiger partial charge in [-0.05, 0) is 30.0 Å². The van der Waals surface area contributed by atoms with Crippen molar-refractivity contribution in [1.29, 1.82) is 0 Å². The normalized spacial score (nSPS) is 12.7. The van der Waals surface area contributed by atoms with Crippen LogP contribution in [0.25, 0.3) is 11.4 Å². The van der Waals surface area contributed by atoms with Crippen LogP contribution in [0.2, 0.25) is 0 Å². The van der Waals surface area contributed by atoms with Crippen LogP contribution in [0.4, 0.5) is 0 Å². The SMILES string of the molecule is CCCc1noc([C@H](C)n2nnc(-c3ccc(C(C)C)cc3)n2)n1. The zero-order valence-corrected chi connectivity index (χ0v) is 14.5. The van der Waals surface area contributed by atoms with Crippen molar-refractivity contribution in [2.24, 2.45) is 0 Å². The van der Waals surface area contributed by atoms with Crippen LogP contribution in [0.5, 0.6) is 0 Å². The van der Waals surface area contributed by atoms with Gasteiger partial charge in [0.15, 0.2) is 5.82 Å². The lowest BCUT2D eigenvalue weighted by atomic mass is 10.0. The van der Waals surface area contributed by atoms with E-state index in [2.05, 4.69) is 58.5 Å². The van der Waals surface area contributed by atoms with Crippen LogP contribution in [-0.4, -0.2) is 30.3 Å². The molecule has 24 heavy (non-hydrogen) atoms. The van der Waals surface area contributed by atoms with Gasteiger partial charge in [0.05, 0.1) is 0 Å². The molecule has 1 atom stereocenters. The summed E-state index contributed by atoms with van der Waals surface area (Å²) < 4.78 is 5.30. The molecule has 7 nitrogen and oxygen atoms in total. The average molecular weight is 326 g/mol. The lowest BCUT2D eigenvalue weighted by molar-refractivity contribution is 0.318. The Morgan fingerprint density at radius 2 is 1.88 bits per heavy atom. The highest BCUT2D eigenvalue weighted by Crippen LogP contribution is 2.21. The molecule has 3 aromatic rings. The first-order valence-corrected chi connectivity index (χ1v) is 8.30. The summed E-state index contributed by atoms with van der Waals surface area (Å²) in [4.78, 5) is 5.89. The molecule has 0 unspecified atom stereocenters. The molecule has 7 heteroatoms. The van der Waals surface area contributed by atoms with Crippen LogP contribution in [-0.2, 0) is 6.42 Å². The third-order valence-electron chi connectivity index (χ3n) is 3.93. The summed E-state index contributed by atoms with van der Waals surface area (Å²) in [6.45, 7) is 8.33. The monoisotopic (exact) mass is 326 g/mol. The fourth-order valence-corrected chi connectivity index (χ4v) is 2.38. The highest BCUT2D eigenvalue weighted by molar-refractivity contribution is 5.54. The van der Waals surface area contributed by atoms with Gasteiger partial charge in [0.1, 0.15) is 6.04 Å². The van der Waals surface area contributed by atoms with Crippen molar-refractivity contribution in [3.8, 4) is 11.4 Å². The van der Waals surface area contributed by atoms with Crippen molar-refractivity contribution in [3.63, 3.8) is 0 Å². The van der Waals surface area contributed by atoms with Gasteiger partial charge in [0.2, 0.25) is 5.82 Å². The standard InChI is InChI=1S/C17H22N6O/c1-5-6-15-18-17(24-21-15)12(4)23-20-16(19-22-23)14-9-7-13(8-10-14)11(2)3/h7-12H,5-6H2,1-4H3/t12-/m0/s1. The van der Waals surface area contributed by atoms with Crippen molar-refractivity contribution in [3.05, 3.63) is 41.5 Å². The van der Waals surface area contributed by atoms with Crippen molar-refractivity contribution < 1.29 is 4.52 Å². The van der Waals surface area contributed by atoms with E-state index in [9.17, 15) is 0 Å². The highest BCUT2D eigenvalue weighted by Gasteiger charge is 2.19. The summed E-state index contributed by atoms with van der Waals surface area (Å²) in [5.74, 6) is 2.30. The molecule has 0 fully saturated rings. The Hall–Kier alpha value is -2.57. The van der Waals surface area contributed by atoms with Crippen LogP contribution in [0.1, 0.15) is 63.4 Å². The predicted molar refractivity (Wildman–Crippen MR) is 89.4 cm³/mol. The number of hydrogen-bond acceptors (Lipinski definition) is 6. The van der Waals surface area contributed by atoms with Crippen molar-refractivity contribution in [2.75, 3.05) is 0 Å². The van der Waals surface area contributed by atoms with Gasteiger partial charge in [0.25, 0.3) is 5.89 Å². The molecule has 0 aliphatic heterocycles. The number of nitrogens with zero attached hydrogens (tertiary/aromatic N) is 6. The predicted octanol–water partition coefficient (Wildman–Crippen LogP) is 3.41. The summed E-state index contributed by atoms with van der Waals surface area (Å²) in [7, 11) is 0. The quantitative estimate of drug-likeness (QED) is 0.690. The fraction of sp³-hybridized carbons (Fsp3) is 0.471. The molecule has 0 spiro atoms. The molecule has 0 aliphatic carbocycles. The van der Waals surface area contributed by atoms with Gasteiger partial charge in [0, 0.05) is 12.0 Å². The Kier molecular flexibility index (Phi) is 4.69. The van der Waals surface area contributed by atoms with Crippen LogP contribution >= 0.6 is 0 Å². The summed E-state index contributed by atoms with van der Waals surface area (Å²) in [5.41, 5.74) is 2.23. The van der Waals surface area contributed by atoms with E-state index in [4.69, 9.17) is 4.52 Å². The Bertz CT molecular complexity index is 790. The molecule has 2 aromatic heterocycles. The van der Waals surface area contributed by atoms with Crippen molar-refractivity contribution in [1.82, 2.24) is 30.3 Å². The lowest BCUT2D eigenvalue weighted by Gasteiger charge is -2.05. The molecular weight excluding hydrogens is 304 g/mol. The Morgan fingerprint density at radius 3 is 2.54 bits per heavy atom. The molecule has 3 rings (SSSR count). The lowest BCUT2D eigenvalue weighted by Crippen LogP contribution is -2.11. The van der Waals surface area contributed by atoms with Gasteiger partial charge in [-0.3, -0.25) is 0 Å². The summed E-state index contributed by atoms with van der Waals surface area (Å²) >= 11 is 0. The molecule has 0 saturated carbocycles. The maximum Gasteiger partial charge on any atom is 0.253 e. The molecule has 0 saturated heterocycles. The van der Waals surface area contributed by atoms with Crippen molar-refractivity contribution in [2.45, 2.75) is 52.5 Å². The molecular formula is C17H22N6O. The van der Waals surface area contributed by atoms with Crippen LogP contribution in [0.15, 0.2) is 28.8 Å². The Balaban J connectivity index is 1.78. The van der Waals surface area contributed by atoms with Gasteiger partial charge in [-0.2, -0.15) is 9.78 Å². The van der Waals surface area contributed by atoms with Crippen LogP contribution < -0.4 is 0 Å². The minimum atomic E-state index is -0.251. The second kappa shape index (κ2) is 6.90. The maximum absolute atomic E-state index is 5.30. The molecule has 0 bridgehead atoms. The van der Waals surface area contributed by atoms with Crippen LogP contribution in [0.3, 0.4) is 0 Å². The Morgan fingerprint density at radius 1 is 1.12 bits per heavy atom. The van der Waals surface area contributed by atoms with E-state index in [1.54, 1.807) is 0 Å². The minimum absolute atomic E-state index is 0.251. The first kappa shape index (κ1) is 16.3. The van der Waals surface area contributed by atoms with Gasteiger partial charge in [-0.15, -0.1) is 10.2 Å². The van der Waals surface area contributed by atoms with E-state index >= 15 is 0 Å². The van der Waals surface area contributed by atoms with E-state index in [1.807, 2.05) is 19.1 Å². The topological polar surface area (TPSA) is 82.5 Å². The van der Waals surface area contributed by atoms with Crippen LogP contribution in [0, 0.1) is 0 Å². The maximum atomic E-state index is 5.30. The summed E-state index contributed by atoms with van der Waals surface area (Å²) in [6.07, 6.45) is 1.78. The highest BCUT2D eigenvalue weighted by atomic mass is 16.5. The molecule has 0 aliphatic rings. The minimum Gasteiger partial charge on any atom is -0.337 e. The molecule has 0 N–H and O–H groups in total. The molecule has 2 heterocycles. The third kappa shape index (κ3) is 3.34. The number of hydrogen-bond donors (Lipinski definition) is 0. The number of tetrazole rings is 1. The number of benzene rings is 1. The summed E-state index contributed by atoms with van der Waals surface area (Å²) in [5, 5.41) is 16.7. The van der Waals surface area contributed by atoms with Crippen molar-refractivity contribution >= 4 is 0 Å². The van der Waals surface area contributed by atoms with E-state index in [1.165, 1.54) is 10.4 Å². The third-order valence-corrected chi connectivity index (χ3v) is 3.93. The molecule has 0 amide bonds. The Labute approximate surface area is 141 Å². The molecule has 1 aromatic carbocycles. The van der Waals surface area contributed by atoms with Gasteiger partial charge < -0.3 is 4.52 Å². The van der Waals surface area contributed by atoms with E-state index in [-0.39, 0.29) is 6.04 Å². The van der Waals surface area contributed by atoms with E-state index < -0.39 is 0 Å². The average Bonchev–Trinajstić information content (AvgIpc) is 3.24. The van der Waals surface area contributed by atoms with Gasteiger partial charge >= 0.3 is 0 Å².